The number of imide groups is 2. The SMILES string of the molecule is CCOCCCN1C(=O)C(=O)N(CC(=O)c2cc(C)n(-c3ccc(F)cc3)c2C)C1=O. The van der Waals surface area contributed by atoms with E-state index in [0.29, 0.717) is 41.5 Å². The van der Waals surface area contributed by atoms with E-state index in [4.69, 9.17) is 4.74 Å². The Labute approximate surface area is 179 Å². The number of halogens is 1. The van der Waals surface area contributed by atoms with Gasteiger partial charge in [-0.15, -0.1) is 0 Å². The van der Waals surface area contributed by atoms with Crippen LogP contribution in [0.5, 0.6) is 0 Å². The van der Waals surface area contributed by atoms with Crippen molar-refractivity contribution < 1.29 is 28.3 Å². The van der Waals surface area contributed by atoms with Crippen molar-refractivity contribution in [1.29, 1.82) is 0 Å². The maximum atomic E-state index is 13.2. The van der Waals surface area contributed by atoms with E-state index in [1.807, 2.05) is 6.92 Å². The van der Waals surface area contributed by atoms with Gasteiger partial charge in [0.1, 0.15) is 5.82 Å². The average molecular weight is 429 g/mol. The van der Waals surface area contributed by atoms with Gasteiger partial charge in [0, 0.05) is 42.4 Å². The van der Waals surface area contributed by atoms with Crippen LogP contribution in [-0.4, -0.2) is 64.3 Å². The normalized spacial score (nSPS) is 14.1. The Morgan fingerprint density at radius 1 is 1.03 bits per heavy atom. The molecule has 1 aromatic heterocycles. The highest BCUT2D eigenvalue weighted by Crippen LogP contribution is 2.23. The summed E-state index contributed by atoms with van der Waals surface area (Å²) in [5.74, 6) is -2.79. The molecular weight excluding hydrogens is 405 g/mol. The molecule has 0 saturated carbocycles. The summed E-state index contributed by atoms with van der Waals surface area (Å²) in [5, 5.41) is 0. The van der Waals surface area contributed by atoms with Crippen molar-refractivity contribution in [3.05, 3.63) is 53.1 Å². The van der Waals surface area contributed by atoms with Crippen LogP contribution in [0.15, 0.2) is 30.3 Å². The number of nitrogens with zero attached hydrogens (tertiary/aromatic N) is 3. The second-order valence-electron chi connectivity index (χ2n) is 7.20. The van der Waals surface area contributed by atoms with Crippen molar-refractivity contribution in [3.8, 4) is 5.69 Å². The number of ketones is 1. The molecule has 0 spiro atoms. The number of carbonyl (C=O) groups excluding carboxylic acids is 4. The summed E-state index contributed by atoms with van der Waals surface area (Å²) in [6.07, 6.45) is 0.402. The predicted octanol–water partition coefficient (Wildman–Crippen LogP) is 2.63. The zero-order chi connectivity index (χ0) is 22.7. The van der Waals surface area contributed by atoms with E-state index in [9.17, 15) is 23.6 Å². The zero-order valence-corrected chi connectivity index (χ0v) is 17.7. The lowest BCUT2D eigenvalue weighted by Gasteiger charge is -2.15. The second-order valence-corrected chi connectivity index (χ2v) is 7.20. The van der Waals surface area contributed by atoms with Gasteiger partial charge in [-0.3, -0.25) is 19.3 Å². The van der Waals surface area contributed by atoms with E-state index in [1.54, 1.807) is 36.6 Å². The van der Waals surface area contributed by atoms with E-state index < -0.39 is 30.2 Å². The van der Waals surface area contributed by atoms with Crippen molar-refractivity contribution in [1.82, 2.24) is 14.4 Å². The summed E-state index contributed by atoms with van der Waals surface area (Å²) in [6.45, 7) is 5.74. The molecule has 0 aliphatic carbocycles. The molecule has 0 N–H and O–H groups in total. The number of urea groups is 1. The molecular formula is C22H24FN3O5. The molecule has 1 fully saturated rings. The summed E-state index contributed by atoms with van der Waals surface area (Å²) in [5.41, 5.74) is 2.33. The molecule has 0 bridgehead atoms. The number of rotatable bonds is 9. The number of aryl methyl sites for hydroxylation is 1. The van der Waals surface area contributed by atoms with Gasteiger partial charge in [0.05, 0.1) is 6.54 Å². The minimum atomic E-state index is -1.01. The highest BCUT2D eigenvalue weighted by Gasteiger charge is 2.45. The lowest BCUT2D eigenvalue weighted by molar-refractivity contribution is -0.143. The van der Waals surface area contributed by atoms with Crippen LogP contribution >= 0.6 is 0 Å². The Morgan fingerprint density at radius 3 is 2.32 bits per heavy atom. The number of benzene rings is 1. The van der Waals surface area contributed by atoms with Gasteiger partial charge in [0.2, 0.25) is 0 Å². The smallest absolute Gasteiger partial charge is 0.334 e. The fourth-order valence-electron chi connectivity index (χ4n) is 3.62. The van der Waals surface area contributed by atoms with Crippen molar-refractivity contribution in [2.45, 2.75) is 27.2 Å². The fraction of sp³-hybridized carbons (Fsp3) is 0.364. The number of amides is 4. The van der Waals surface area contributed by atoms with Crippen LogP contribution in [0.1, 0.15) is 35.1 Å². The van der Waals surface area contributed by atoms with Crippen LogP contribution in [0, 0.1) is 19.7 Å². The van der Waals surface area contributed by atoms with Gasteiger partial charge < -0.3 is 9.30 Å². The van der Waals surface area contributed by atoms with E-state index in [1.165, 1.54) is 12.1 Å². The molecule has 0 atom stereocenters. The van der Waals surface area contributed by atoms with E-state index in [0.717, 1.165) is 10.6 Å². The Kier molecular flexibility index (Phi) is 6.65. The maximum Gasteiger partial charge on any atom is 0.334 e. The van der Waals surface area contributed by atoms with Crippen molar-refractivity contribution in [2.75, 3.05) is 26.3 Å². The van der Waals surface area contributed by atoms with Crippen molar-refractivity contribution >= 4 is 23.6 Å². The Morgan fingerprint density at radius 2 is 1.68 bits per heavy atom. The van der Waals surface area contributed by atoms with Crippen molar-refractivity contribution in [3.63, 3.8) is 0 Å². The molecule has 3 rings (SSSR count). The lowest BCUT2D eigenvalue weighted by atomic mass is 10.1. The average Bonchev–Trinajstić information content (AvgIpc) is 3.14. The molecule has 31 heavy (non-hydrogen) atoms. The Hall–Kier alpha value is -3.33. The number of carbonyl (C=O) groups is 4. The minimum Gasteiger partial charge on any atom is -0.382 e. The second kappa shape index (κ2) is 9.22. The van der Waals surface area contributed by atoms with Gasteiger partial charge in [-0.1, -0.05) is 0 Å². The summed E-state index contributed by atoms with van der Waals surface area (Å²) in [6, 6.07) is 6.68. The number of Topliss-reactive ketones (excluding diaryl/α,β-unsaturated/α-hetero) is 1. The lowest BCUT2D eigenvalue weighted by Crippen LogP contribution is -2.37. The summed E-state index contributed by atoms with van der Waals surface area (Å²) in [4.78, 5) is 51.4. The van der Waals surface area contributed by atoms with Crippen LogP contribution in [0.3, 0.4) is 0 Å². The number of ether oxygens (including phenoxy) is 1. The molecule has 1 aliphatic heterocycles. The van der Waals surface area contributed by atoms with Crippen molar-refractivity contribution in [2.24, 2.45) is 0 Å². The fourth-order valence-corrected chi connectivity index (χ4v) is 3.62. The largest absolute Gasteiger partial charge is 0.382 e. The van der Waals surface area contributed by atoms with Crippen LogP contribution in [0.4, 0.5) is 9.18 Å². The van der Waals surface area contributed by atoms with Gasteiger partial charge in [0.25, 0.3) is 0 Å². The third kappa shape index (κ3) is 4.41. The highest BCUT2D eigenvalue weighted by molar-refractivity contribution is 6.45. The van der Waals surface area contributed by atoms with E-state index >= 15 is 0 Å². The molecule has 164 valence electrons. The monoisotopic (exact) mass is 429 g/mol. The minimum absolute atomic E-state index is 0.0488. The summed E-state index contributed by atoms with van der Waals surface area (Å²) >= 11 is 0. The third-order valence-electron chi connectivity index (χ3n) is 5.13. The van der Waals surface area contributed by atoms with E-state index in [-0.39, 0.29) is 12.4 Å². The molecule has 4 amide bonds. The Bertz CT molecular complexity index is 1030. The first-order chi connectivity index (χ1) is 14.8. The van der Waals surface area contributed by atoms with Gasteiger partial charge in [-0.05, 0) is 57.5 Å². The van der Waals surface area contributed by atoms with Crippen LogP contribution in [-0.2, 0) is 14.3 Å². The first-order valence-electron chi connectivity index (χ1n) is 9.99. The molecule has 2 heterocycles. The van der Waals surface area contributed by atoms with E-state index in [2.05, 4.69) is 0 Å². The maximum absolute atomic E-state index is 13.2. The topological polar surface area (TPSA) is 88.9 Å². The summed E-state index contributed by atoms with van der Waals surface area (Å²) in [7, 11) is 0. The Balaban J connectivity index is 1.76. The number of aromatic nitrogens is 1. The number of hydrogen-bond acceptors (Lipinski definition) is 5. The first-order valence-corrected chi connectivity index (χ1v) is 9.99. The molecule has 1 aliphatic rings. The standard InChI is InChI=1S/C22H24FN3O5/c1-4-31-11-5-10-24-20(28)21(29)25(22(24)30)13-19(27)18-12-14(2)26(15(18)3)17-8-6-16(23)7-9-17/h6-9,12H,4-5,10-11,13H2,1-3H3. The molecule has 0 radical (unpaired) electrons. The molecule has 1 saturated heterocycles. The quantitative estimate of drug-likeness (QED) is 0.265. The molecule has 9 heteroatoms. The predicted molar refractivity (Wildman–Crippen MR) is 109 cm³/mol. The molecule has 8 nitrogen and oxygen atoms in total. The molecule has 2 aromatic rings. The first kappa shape index (κ1) is 22.4. The van der Waals surface area contributed by atoms with Gasteiger partial charge in [-0.2, -0.15) is 0 Å². The highest BCUT2D eigenvalue weighted by atomic mass is 19.1. The van der Waals surface area contributed by atoms with Crippen LogP contribution < -0.4 is 0 Å². The number of hydrogen-bond donors (Lipinski definition) is 0. The van der Waals surface area contributed by atoms with Crippen LogP contribution in [0.2, 0.25) is 0 Å². The zero-order valence-electron chi connectivity index (χ0n) is 17.7. The third-order valence-corrected chi connectivity index (χ3v) is 5.13. The van der Waals surface area contributed by atoms with Gasteiger partial charge >= 0.3 is 17.8 Å². The van der Waals surface area contributed by atoms with Gasteiger partial charge in [0.15, 0.2) is 5.78 Å². The van der Waals surface area contributed by atoms with Gasteiger partial charge in [-0.25, -0.2) is 14.1 Å². The molecule has 1 aromatic carbocycles. The summed E-state index contributed by atoms with van der Waals surface area (Å²) < 4.78 is 20.2. The van der Waals surface area contributed by atoms with Crippen LogP contribution in [0.25, 0.3) is 5.69 Å². The molecule has 0 unspecified atom stereocenters.